The quantitative estimate of drug-likeness (QED) is 0.865. The number of fused-ring (bicyclic) bond motifs is 1. The summed E-state index contributed by atoms with van der Waals surface area (Å²) in [6.07, 6.45) is 1.02. The van der Waals surface area contributed by atoms with Crippen LogP contribution in [0.2, 0.25) is 0 Å². The highest BCUT2D eigenvalue weighted by molar-refractivity contribution is 5.44. The maximum absolute atomic E-state index is 5.61. The van der Waals surface area contributed by atoms with Gasteiger partial charge in [0.1, 0.15) is 13.2 Å². The molecule has 0 aliphatic carbocycles. The molecule has 1 atom stereocenters. The third-order valence-electron chi connectivity index (χ3n) is 3.42. The lowest BCUT2D eigenvalue weighted by Gasteiger charge is -2.26. The zero-order valence-corrected chi connectivity index (χ0v) is 11.2. The highest BCUT2D eigenvalue weighted by Gasteiger charge is 2.16. The van der Waals surface area contributed by atoms with Crippen molar-refractivity contribution in [2.24, 2.45) is 5.73 Å². The SMILES string of the molecule is CC(c1ccc2c(c1)OCCO2)N(C)CCCN. The number of hydrogen-bond acceptors (Lipinski definition) is 4. The number of benzene rings is 1. The van der Waals surface area contributed by atoms with E-state index >= 15 is 0 Å². The minimum absolute atomic E-state index is 0.354. The van der Waals surface area contributed by atoms with Crippen molar-refractivity contribution in [3.63, 3.8) is 0 Å². The van der Waals surface area contributed by atoms with E-state index in [4.69, 9.17) is 15.2 Å². The third kappa shape index (κ3) is 2.94. The molecule has 100 valence electrons. The molecule has 1 unspecified atom stereocenters. The van der Waals surface area contributed by atoms with Gasteiger partial charge in [-0.3, -0.25) is 4.90 Å². The van der Waals surface area contributed by atoms with Crippen molar-refractivity contribution in [1.82, 2.24) is 4.90 Å². The summed E-state index contributed by atoms with van der Waals surface area (Å²) in [5, 5.41) is 0. The first-order valence-corrected chi connectivity index (χ1v) is 6.52. The zero-order chi connectivity index (χ0) is 13.0. The van der Waals surface area contributed by atoms with Gasteiger partial charge in [-0.05, 0) is 51.2 Å². The summed E-state index contributed by atoms with van der Waals surface area (Å²) in [6.45, 7) is 5.21. The second kappa shape index (κ2) is 6.07. The van der Waals surface area contributed by atoms with Gasteiger partial charge in [0.2, 0.25) is 0 Å². The summed E-state index contributed by atoms with van der Waals surface area (Å²) in [7, 11) is 2.12. The Kier molecular flexibility index (Phi) is 4.44. The number of nitrogens with two attached hydrogens (primary N) is 1. The minimum atomic E-state index is 0.354. The normalized spacial score (nSPS) is 15.8. The predicted octanol–water partition coefficient (Wildman–Crippen LogP) is 1.80. The van der Waals surface area contributed by atoms with E-state index in [0.717, 1.165) is 31.0 Å². The summed E-state index contributed by atoms with van der Waals surface area (Å²) in [5.41, 5.74) is 6.79. The molecule has 2 N–H and O–H groups in total. The van der Waals surface area contributed by atoms with Gasteiger partial charge in [-0.25, -0.2) is 0 Å². The molecule has 0 radical (unpaired) electrons. The standard InChI is InChI=1S/C14H22N2O2/c1-11(16(2)7-3-6-15)12-4-5-13-14(10-12)18-9-8-17-13/h4-5,10-11H,3,6-9,15H2,1-2H3. The number of hydrogen-bond donors (Lipinski definition) is 1. The second-order valence-electron chi connectivity index (χ2n) is 4.70. The highest BCUT2D eigenvalue weighted by Crippen LogP contribution is 2.33. The van der Waals surface area contributed by atoms with Gasteiger partial charge in [-0.15, -0.1) is 0 Å². The fraction of sp³-hybridized carbons (Fsp3) is 0.571. The van der Waals surface area contributed by atoms with E-state index in [1.165, 1.54) is 5.56 Å². The molecule has 0 fully saturated rings. The van der Waals surface area contributed by atoms with Gasteiger partial charge in [-0.2, -0.15) is 0 Å². The van der Waals surface area contributed by atoms with Crippen molar-refractivity contribution in [3.8, 4) is 11.5 Å². The molecule has 0 saturated carbocycles. The number of ether oxygens (including phenoxy) is 2. The Bertz CT molecular complexity index is 395. The summed E-state index contributed by atoms with van der Waals surface area (Å²) in [5.74, 6) is 1.71. The Morgan fingerprint density at radius 3 is 2.72 bits per heavy atom. The van der Waals surface area contributed by atoms with Crippen molar-refractivity contribution < 1.29 is 9.47 Å². The summed E-state index contributed by atoms with van der Waals surface area (Å²) in [6, 6.07) is 6.54. The number of nitrogens with zero attached hydrogens (tertiary/aromatic N) is 1. The molecule has 2 rings (SSSR count). The van der Waals surface area contributed by atoms with Crippen molar-refractivity contribution in [2.75, 3.05) is 33.4 Å². The fourth-order valence-electron chi connectivity index (χ4n) is 2.11. The van der Waals surface area contributed by atoms with Crippen molar-refractivity contribution in [3.05, 3.63) is 23.8 Å². The van der Waals surface area contributed by atoms with Crippen molar-refractivity contribution in [2.45, 2.75) is 19.4 Å². The molecule has 0 aromatic heterocycles. The molecular formula is C14H22N2O2. The van der Waals surface area contributed by atoms with Gasteiger partial charge in [0.15, 0.2) is 11.5 Å². The smallest absolute Gasteiger partial charge is 0.161 e. The monoisotopic (exact) mass is 250 g/mol. The Morgan fingerprint density at radius 2 is 2.00 bits per heavy atom. The van der Waals surface area contributed by atoms with Crippen LogP contribution in [-0.2, 0) is 0 Å². The van der Waals surface area contributed by atoms with Crippen LogP contribution < -0.4 is 15.2 Å². The molecular weight excluding hydrogens is 228 g/mol. The molecule has 0 saturated heterocycles. The lowest BCUT2D eigenvalue weighted by molar-refractivity contribution is 0.170. The first-order valence-electron chi connectivity index (χ1n) is 6.52. The van der Waals surface area contributed by atoms with Crippen LogP contribution >= 0.6 is 0 Å². The Balaban J connectivity index is 2.08. The van der Waals surface area contributed by atoms with E-state index in [1.54, 1.807) is 0 Å². The van der Waals surface area contributed by atoms with Gasteiger partial charge in [0, 0.05) is 6.04 Å². The zero-order valence-electron chi connectivity index (χ0n) is 11.2. The lowest BCUT2D eigenvalue weighted by atomic mass is 10.1. The van der Waals surface area contributed by atoms with Crippen LogP contribution in [0.3, 0.4) is 0 Å². The molecule has 4 heteroatoms. The van der Waals surface area contributed by atoms with Crippen LogP contribution in [0.15, 0.2) is 18.2 Å². The Hall–Kier alpha value is -1.26. The maximum atomic E-state index is 5.61. The predicted molar refractivity (Wildman–Crippen MR) is 72.1 cm³/mol. The average Bonchev–Trinajstić information content (AvgIpc) is 2.43. The van der Waals surface area contributed by atoms with E-state index in [1.807, 2.05) is 6.07 Å². The highest BCUT2D eigenvalue weighted by atomic mass is 16.6. The Morgan fingerprint density at radius 1 is 1.28 bits per heavy atom. The van der Waals surface area contributed by atoms with Gasteiger partial charge in [0.25, 0.3) is 0 Å². The second-order valence-corrected chi connectivity index (χ2v) is 4.70. The van der Waals surface area contributed by atoms with Crippen LogP contribution in [0.4, 0.5) is 0 Å². The molecule has 1 heterocycles. The molecule has 0 bridgehead atoms. The lowest BCUT2D eigenvalue weighted by Crippen LogP contribution is -2.25. The molecule has 0 spiro atoms. The third-order valence-corrected chi connectivity index (χ3v) is 3.42. The fourth-order valence-corrected chi connectivity index (χ4v) is 2.11. The number of rotatable bonds is 5. The van der Waals surface area contributed by atoms with Gasteiger partial charge >= 0.3 is 0 Å². The molecule has 1 aliphatic heterocycles. The molecule has 1 aromatic rings. The van der Waals surface area contributed by atoms with Crippen LogP contribution in [0, 0.1) is 0 Å². The van der Waals surface area contributed by atoms with Gasteiger partial charge in [-0.1, -0.05) is 6.07 Å². The van der Waals surface area contributed by atoms with Crippen LogP contribution in [0.1, 0.15) is 24.9 Å². The first kappa shape index (κ1) is 13.2. The Labute approximate surface area is 109 Å². The van der Waals surface area contributed by atoms with Crippen LogP contribution in [-0.4, -0.2) is 38.3 Å². The summed E-state index contributed by atoms with van der Waals surface area (Å²) >= 11 is 0. The topological polar surface area (TPSA) is 47.7 Å². The van der Waals surface area contributed by atoms with E-state index in [-0.39, 0.29) is 0 Å². The van der Waals surface area contributed by atoms with Gasteiger partial charge in [0.05, 0.1) is 0 Å². The first-order chi connectivity index (χ1) is 8.72. The average molecular weight is 250 g/mol. The maximum Gasteiger partial charge on any atom is 0.161 e. The largest absolute Gasteiger partial charge is 0.486 e. The van der Waals surface area contributed by atoms with Crippen LogP contribution in [0.5, 0.6) is 11.5 Å². The molecule has 0 amide bonds. The van der Waals surface area contributed by atoms with Crippen LogP contribution in [0.25, 0.3) is 0 Å². The van der Waals surface area contributed by atoms with E-state index in [9.17, 15) is 0 Å². The van der Waals surface area contributed by atoms with Gasteiger partial charge < -0.3 is 15.2 Å². The molecule has 18 heavy (non-hydrogen) atoms. The molecule has 4 nitrogen and oxygen atoms in total. The molecule has 1 aliphatic rings. The van der Waals surface area contributed by atoms with Crippen molar-refractivity contribution in [1.29, 1.82) is 0 Å². The summed E-state index contributed by atoms with van der Waals surface area (Å²) < 4.78 is 11.1. The van der Waals surface area contributed by atoms with E-state index < -0.39 is 0 Å². The van der Waals surface area contributed by atoms with E-state index in [2.05, 4.69) is 31.0 Å². The molecule has 1 aromatic carbocycles. The summed E-state index contributed by atoms with van der Waals surface area (Å²) in [4.78, 5) is 2.30. The minimum Gasteiger partial charge on any atom is -0.486 e. The van der Waals surface area contributed by atoms with E-state index in [0.29, 0.717) is 19.3 Å². The van der Waals surface area contributed by atoms with Crippen molar-refractivity contribution >= 4 is 0 Å².